The number of aromatic amines is 1. The van der Waals surface area contributed by atoms with Crippen LogP contribution < -0.4 is 5.32 Å². The molecular weight excluding hydrogens is 248 g/mol. The lowest BCUT2D eigenvalue weighted by Crippen LogP contribution is -2.38. The van der Waals surface area contributed by atoms with Crippen molar-refractivity contribution in [3.63, 3.8) is 0 Å². The maximum atomic E-state index is 12.0. The zero-order valence-corrected chi connectivity index (χ0v) is 11.2. The summed E-state index contributed by atoms with van der Waals surface area (Å²) in [7, 11) is 1.80. The van der Waals surface area contributed by atoms with Gasteiger partial charge in [-0.15, -0.1) is 11.3 Å². The first-order chi connectivity index (χ1) is 8.68. The topological polar surface area (TPSA) is 61.0 Å². The molecule has 2 aromatic heterocycles. The Balaban J connectivity index is 1.88. The number of nitrogens with one attached hydrogen (secondary N) is 2. The molecular formula is C12H16N4OS. The number of nitrogens with zero attached hydrogens (tertiary/aromatic N) is 2. The fourth-order valence-electron chi connectivity index (χ4n) is 1.57. The third-order valence-electron chi connectivity index (χ3n) is 2.84. The van der Waals surface area contributed by atoms with Crippen LogP contribution in [0.1, 0.15) is 23.5 Å². The minimum atomic E-state index is -0.0921. The van der Waals surface area contributed by atoms with Gasteiger partial charge in [0.15, 0.2) is 0 Å². The molecule has 2 rings (SSSR count). The number of hydrogen-bond acceptors (Lipinski definition) is 3. The predicted molar refractivity (Wildman–Crippen MR) is 71.3 cm³/mol. The van der Waals surface area contributed by atoms with Gasteiger partial charge in [-0.05, 0) is 24.4 Å². The lowest BCUT2D eigenvalue weighted by Gasteiger charge is -2.24. The van der Waals surface area contributed by atoms with Crippen molar-refractivity contribution < 1.29 is 4.79 Å². The minimum Gasteiger partial charge on any atom is -0.332 e. The summed E-state index contributed by atoms with van der Waals surface area (Å²) in [5, 5.41) is 11.5. The Morgan fingerprint density at radius 1 is 1.61 bits per heavy atom. The Kier molecular flexibility index (Phi) is 3.99. The van der Waals surface area contributed by atoms with Crippen LogP contribution in [0.4, 0.5) is 4.79 Å². The normalized spacial score (nSPS) is 12.1. The highest BCUT2D eigenvalue weighted by Gasteiger charge is 2.17. The molecule has 1 atom stereocenters. The number of thiophene rings is 1. The average Bonchev–Trinajstić information content (AvgIpc) is 3.06. The summed E-state index contributed by atoms with van der Waals surface area (Å²) in [5.74, 6) is 0. The van der Waals surface area contributed by atoms with E-state index < -0.39 is 0 Å². The summed E-state index contributed by atoms with van der Waals surface area (Å²) >= 11 is 1.65. The molecule has 0 radical (unpaired) electrons. The molecule has 0 unspecified atom stereocenters. The van der Waals surface area contributed by atoms with E-state index in [-0.39, 0.29) is 12.1 Å². The van der Waals surface area contributed by atoms with Crippen molar-refractivity contribution in [1.29, 1.82) is 0 Å². The average molecular weight is 264 g/mol. The van der Waals surface area contributed by atoms with Crippen LogP contribution in [0.5, 0.6) is 0 Å². The SMILES string of the molecule is C[C@@H](c1cccs1)N(C)C(=O)NCc1ccn[nH]1. The third kappa shape index (κ3) is 2.89. The molecule has 2 N–H and O–H groups in total. The number of amides is 2. The Bertz CT molecular complexity index is 480. The van der Waals surface area contributed by atoms with Gasteiger partial charge in [0.25, 0.3) is 0 Å². The summed E-state index contributed by atoms with van der Waals surface area (Å²) in [6, 6.07) is 5.85. The second-order valence-electron chi connectivity index (χ2n) is 4.04. The first-order valence-corrected chi connectivity index (χ1v) is 6.58. The molecule has 0 aromatic carbocycles. The highest BCUT2D eigenvalue weighted by molar-refractivity contribution is 7.10. The van der Waals surface area contributed by atoms with Gasteiger partial charge in [0.05, 0.1) is 18.3 Å². The second kappa shape index (κ2) is 5.68. The molecule has 0 aliphatic heterocycles. The summed E-state index contributed by atoms with van der Waals surface area (Å²) in [6.45, 7) is 2.47. The van der Waals surface area contributed by atoms with Crippen LogP contribution in [-0.2, 0) is 6.54 Å². The molecule has 0 aliphatic carbocycles. The number of urea groups is 1. The monoisotopic (exact) mass is 264 g/mol. The van der Waals surface area contributed by atoms with Gasteiger partial charge in [-0.25, -0.2) is 4.79 Å². The minimum absolute atomic E-state index is 0.0757. The van der Waals surface area contributed by atoms with E-state index in [0.29, 0.717) is 6.54 Å². The van der Waals surface area contributed by atoms with E-state index in [1.54, 1.807) is 29.5 Å². The highest BCUT2D eigenvalue weighted by atomic mass is 32.1. The number of hydrogen-bond donors (Lipinski definition) is 2. The maximum Gasteiger partial charge on any atom is 0.317 e. The Morgan fingerprint density at radius 2 is 2.44 bits per heavy atom. The van der Waals surface area contributed by atoms with E-state index in [1.165, 1.54) is 4.88 Å². The lowest BCUT2D eigenvalue weighted by molar-refractivity contribution is 0.194. The van der Waals surface area contributed by atoms with Crippen molar-refractivity contribution in [2.24, 2.45) is 0 Å². The van der Waals surface area contributed by atoms with Crippen LogP contribution in [0, 0.1) is 0 Å². The van der Waals surface area contributed by atoms with Crippen molar-refractivity contribution in [1.82, 2.24) is 20.4 Å². The van der Waals surface area contributed by atoms with Gasteiger partial charge in [0, 0.05) is 18.1 Å². The van der Waals surface area contributed by atoms with Crippen molar-refractivity contribution in [2.45, 2.75) is 19.5 Å². The predicted octanol–water partition coefficient (Wildman–Crippen LogP) is 2.37. The van der Waals surface area contributed by atoms with Gasteiger partial charge in [0.1, 0.15) is 0 Å². The van der Waals surface area contributed by atoms with Crippen LogP contribution >= 0.6 is 11.3 Å². The van der Waals surface area contributed by atoms with Crippen molar-refractivity contribution in [3.05, 3.63) is 40.3 Å². The maximum absolute atomic E-state index is 12.0. The molecule has 0 spiro atoms. The molecule has 2 aromatic rings. The Labute approximate surface area is 110 Å². The second-order valence-corrected chi connectivity index (χ2v) is 5.02. The molecule has 2 amide bonds. The summed E-state index contributed by atoms with van der Waals surface area (Å²) in [4.78, 5) is 14.8. The van der Waals surface area contributed by atoms with Crippen LogP contribution in [-0.4, -0.2) is 28.2 Å². The lowest BCUT2D eigenvalue weighted by atomic mass is 10.2. The van der Waals surface area contributed by atoms with Crippen molar-refractivity contribution in [2.75, 3.05) is 7.05 Å². The standard InChI is InChI=1S/C12H16N4OS/c1-9(11-4-3-7-18-11)16(2)12(17)13-8-10-5-6-14-15-10/h3-7,9H,8H2,1-2H3,(H,13,17)(H,14,15)/t9-/m0/s1. The smallest absolute Gasteiger partial charge is 0.317 e. The van der Waals surface area contributed by atoms with Gasteiger partial charge in [-0.2, -0.15) is 5.10 Å². The summed E-state index contributed by atoms with van der Waals surface area (Å²) < 4.78 is 0. The van der Waals surface area contributed by atoms with E-state index >= 15 is 0 Å². The summed E-state index contributed by atoms with van der Waals surface area (Å²) in [5.41, 5.74) is 0.889. The largest absolute Gasteiger partial charge is 0.332 e. The van der Waals surface area contributed by atoms with E-state index in [0.717, 1.165) is 5.69 Å². The van der Waals surface area contributed by atoms with Crippen LogP contribution in [0.15, 0.2) is 29.8 Å². The van der Waals surface area contributed by atoms with Gasteiger partial charge in [-0.3, -0.25) is 5.10 Å². The van der Waals surface area contributed by atoms with E-state index in [2.05, 4.69) is 15.5 Å². The number of carbonyl (C=O) groups excluding carboxylic acids is 1. The molecule has 0 saturated heterocycles. The molecule has 18 heavy (non-hydrogen) atoms. The van der Waals surface area contributed by atoms with E-state index in [4.69, 9.17) is 0 Å². The van der Waals surface area contributed by atoms with Gasteiger partial charge in [-0.1, -0.05) is 6.07 Å². The quantitative estimate of drug-likeness (QED) is 0.890. The number of carbonyl (C=O) groups is 1. The van der Waals surface area contributed by atoms with Crippen LogP contribution in [0.2, 0.25) is 0 Å². The fourth-order valence-corrected chi connectivity index (χ4v) is 2.40. The fraction of sp³-hybridized carbons (Fsp3) is 0.333. The molecule has 0 fully saturated rings. The first kappa shape index (κ1) is 12.6. The first-order valence-electron chi connectivity index (χ1n) is 5.71. The zero-order valence-electron chi connectivity index (χ0n) is 10.4. The third-order valence-corrected chi connectivity index (χ3v) is 3.89. The molecule has 5 nitrogen and oxygen atoms in total. The number of rotatable bonds is 4. The Morgan fingerprint density at radius 3 is 3.06 bits per heavy atom. The van der Waals surface area contributed by atoms with E-state index in [1.807, 2.05) is 30.5 Å². The molecule has 96 valence electrons. The Hall–Kier alpha value is -1.82. The molecule has 2 heterocycles. The van der Waals surface area contributed by atoms with E-state index in [9.17, 15) is 4.79 Å². The van der Waals surface area contributed by atoms with Gasteiger partial charge < -0.3 is 10.2 Å². The number of aromatic nitrogens is 2. The summed E-state index contributed by atoms with van der Waals surface area (Å²) in [6.07, 6.45) is 1.67. The van der Waals surface area contributed by atoms with Crippen LogP contribution in [0.25, 0.3) is 0 Å². The molecule has 0 aliphatic rings. The van der Waals surface area contributed by atoms with Crippen molar-refractivity contribution in [3.8, 4) is 0 Å². The van der Waals surface area contributed by atoms with Gasteiger partial charge in [0.2, 0.25) is 0 Å². The highest BCUT2D eigenvalue weighted by Crippen LogP contribution is 2.23. The number of H-pyrrole nitrogens is 1. The molecule has 0 bridgehead atoms. The molecule has 6 heteroatoms. The zero-order chi connectivity index (χ0) is 13.0. The molecule has 0 saturated carbocycles. The van der Waals surface area contributed by atoms with Crippen molar-refractivity contribution >= 4 is 17.4 Å². The van der Waals surface area contributed by atoms with Crippen LogP contribution in [0.3, 0.4) is 0 Å². The van der Waals surface area contributed by atoms with Gasteiger partial charge >= 0.3 is 6.03 Å².